The molecule has 1 aromatic carbocycles. The van der Waals surface area contributed by atoms with E-state index in [9.17, 15) is 26.4 Å². The van der Waals surface area contributed by atoms with Crippen molar-refractivity contribution in [3.05, 3.63) is 70.2 Å². The second-order valence-electron chi connectivity index (χ2n) is 7.52. The lowest BCUT2D eigenvalue weighted by atomic mass is 9.89. The summed E-state index contributed by atoms with van der Waals surface area (Å²) in [4.78, 5) is 21.4. The molecule has 3 aromatic rings. The summed E-state index contributed by atoms with van der Waals surface area (Å²) in [5, 5.41) is 3.24. The van der Waals surface area contributed by atoms with Crippen LogP contribution in [-0.4, -0.2) is 37.4 Å². The second-order valence-corrected chi connectivity index (χ2v) is 9.98. The third kappa shape index (κ3) is 5.33. The van der Waals surface area contributed by atoms with Crippen molar-refractivity contribution in [2.24, 2.45) is 0 Å². The number of hydrogen-bond acceptors (Lipinski definition) is 7. The van der Waals surface area contributed by atoms with Gasteiger partial charge in [0.1, 0.15) is 5.69 Å². The minimum atomic E-state index is -4.54. The molecule has 1 fully saturated rings. The Kier molecular flexibility index (Phi) is 6.39. The number of amides is 1. The molecule has 174 valence electrons. The maximum absolute atomic E-state index is 12.9. The number of piperidine rings is 1. The van der Waals surface area contributed by atoms with E-state index in [2.05, 4.69) is 14.7 Å². The fraction of sp³-hybridized carbons (Fsp3) is 0.286. The van der Waals surface area contributed by atoms with Gasteiger partial charge in [-0.2, -0.15) is 24.5 Å². The Morgan fingerprint density at radius 2 is 1.91 bits per heavy atom. The zero-order valence-electron chi connectivity index (χ0n) is 17.1. The summed E-state index contributed by atoms with van der Waals surface area (Å²) in [5.41, 5.74) is 0.0615. The highest BCUT2D eigenvalue weighted by molar-refractivity contribution is 7.90. The zero-order chi connectivity index (χ0) is 23.6. The zero-order valence-corrected chi connectivity index (χ0v) is 18.8. The number of thiophene rings is 1. The predicted molar refractivity (Wildman–Crippen MR) is 117 cm³/mol. The van der Waals surface area contributed by atoms with Crippen molar-refractivity contribution >= 4 is 33.2 Å². The van der Waals surface area contributed by atoms with Gasteiger partial charge in [0.05, 0.1) is 10.5 Å². The quantitative estimate of drug-likeness (QED) is 0.573. The third-order valence-corrected chi connectivity index (χ3v) is 7.37. The second kappa shape index (κ2) is 9.10. The molecule has 2 aromatic heterocycles. The standard InChI is InChI=1S/C21H19F3N4O3S2/c22-21(23,24)18-4-8-25-20(26-18)28-9-5-14(6-10-28)15-2-1-3-17(12-15)33(30,31)27-19(29)16-7-11-32-13-16/h1-4,7-8,11-14H,5-6,9-10H2,(H,27,29). The van der Waals surface area contributed by atoms with Crippen LogP contribution in [-0.2, 0) is 16.2 Å². The molecule has 0 aliphatic carbocycles. The number of carbonyl (C=O) groups is 1. The van der Waals surface area contributed by atoms with Crippen LogP contribution in [0.3, 0.4) is 0 Å². The average molecular weight is 497 g/mol. The summed E-state index contributed by atoms with van der Waals surface area (Å²) < 4.78 is 66.2. The number of anilines is 1. The summed E-state index contributed by atoms with van der Waals surface area (Å²) in [5.74, 6) is -0.665. The maximum Gasteiger partial charge on any atom is 0.433 e. The molecule has 0 unspecified atom stereocenters. The van der Waals surface area contributed by atoms with Gasteiger partial charge in [0.25, 0.3) is 15.9 Å². The Morgan fingerprint density at radius 1 is 1.15 bits per heavy atom. The normalized spacial score (nSPS) is 15.4. The lowest BCUT2D eigenvalue weighted by Gasteiger charge is -2.32. The number of sulfonamides is 1. The SMILES string of the molecule is O=C(NS(=O)(=O)c1cccc(C2CCN(c3nccc(C(F)(F)F)n3)CC2)c1)c1ccsc1. The number of halogens is 3. The van der Waals surface area contributed by atoms with E-state index in [1.54, 1.807) is 27.8 Å². The Labute approximate surface area is 192 Å². The van der Waals surface area contributed by atoms with Crippen LogP contribution in [0.25, 0.3) is 0 Å². The van der Waals surface area contributed by atoms with Gasteiger partial charge in [0.2, 0.25) is 5.95 Å². The number of rotatable bonds is 5. The van der Waals surface area contributed by atoms with Crippen LogP contribution in [0, 0.1) is 0 Å². The van der Waals surface area contributed by atoms with Gasteiger partial charge in [0.15, 0.2) is 0 Å². The number of nitrogens with one attached hydrogen (secondary N) is 1. The molecular formula is C21H19F3N4O3S2. The van der Waals surface area contributed by atoms with Crippen molar-refractivity contribution in [3.8, 4) is 0 Å². The first-order valence-electron chi connectivity index (χ1n) is 9.98. The van der Waals surface area contributed by atoms with E-state index < -0.39 is 27.8 Å². The molecule has 1 aliphatic heterocycles. The Balaban J connectivity index is 1.44. The van der Waals surface area contributed by atoms with Crippen molar-refractivity contribution in [2.45, 2.75) is 29.8 Å². The van der Waals surface area contributed by atoms with E-state index in [4.69, 9.17) is 0 Å². The summed E-state index contributed by atoms with van der Waals surface area (Å²) in [6.07, 6.45) is -2.27. The highest BCUT2D eigenvalue weighted by atomic mass is 32.2. The van der Waals surface area contributed by atoms with Crippen molar-refractivity contribution in [1.82, 2.24) is 14.7 Å². The van der Waals surface area contributed by atoms with Gasteiger partial charge in [-0.05, 0) is 54.0 Å². The summed E-state index contributed by atoms with van der Waals surface area (Å²) in [6.45, 7) is 0.857. The lowest BCUT2D eigenvalue weighted by Crippen LogP contribution is -2.34. The van der Waals surface area contributed by atoms with Gasteiger partial charge >= 0.3 is 6.18 Å². The Bertz CT molecular complexity index is 1240. The summed E-state index contributed by atoms with van der Waals surface area (Å²) >= 11 is 1.29. The van der Waals surface area contributed by atoms with E-state index in [-0.39, 0.29) is 22.3 Å². The molecule has 0 radical (unpaired) electrons. The fourth-order valence-electron chi connectivity index (χ4n) is 3.64. The number of benzene rings is 1. The van der Waals surface area contributed by atoms with Crippen molar-refractivity contribution in [1.29, 1.82) is 0 Å². The molecule has 1 aliphatic rings. The van der Waals surface area contributed by atoms with Crippen LogP contribution in [0.4, 0.5) is 19.1 Å². The van der Waals surface area contributed by atoms with Crippen LogP contribution >= 0.6 is 11.3 Å². The molecule has 0 spiro atoms. The van der Waals surface area contributed by atoms with E-state index in [0.717, 1.165) is 17.8 Å². The minimum Gasteiger partial charge on any atom is -0.341 e. The molecule has 33 heavy (non-hydrogen) atoms. The Morgan fingerprint density at radius 3 is 2.58 bits per heavy atom. The summed E-state index contributed by atoms with van der Waals surface area (Å²) in [7, 11) is -4.05. The monoisotopic (exact) mass is 496 g/mol. The number of nitrogens with zero attached hydrogens (tertiary/aromatic N) is 3. The molecular weight excluding hydrogens is 477 g/mol. The lowest BCUT2D eigenvalue weighted by molar-refractivity contribution is -0.141. The van der Waals surface area contributed by atoms with Crippen LogP contribution in [0.2, 0.25) is 0 Å². The van der Waals surface area contributed by atoms with Crippen molar-refractivity contribution in [2.75, 3.05) is 18.0 Å². The largest absolute Gasteiger partial charge is 0.433 e. The van der Waals surface area contributed by atoms with Crippen LogP contribution in [0.15, 0.2) is 58.3 Å². The number of carbonyl (C=O) groups excluding carboxylic acids is 1. The first-order valence-corrected chi connectivity index (χ1v) is 12.4. The molecule has 3 heterocycles. The summed E-state index contributed by atoms with van der Waals surface area (Å²) in [6, 6.07) is 8.73. The van der Waals surface area contributed by atoms with Gasteiger partial charge < -0.3 is 4.90 Å². The molecule has 1 amide bonds. The van der Waals surface area contributed by atoms with E-state index in [1.807, 2.05) is 0 Å². The third-order valence-electron chi connectivity index (χ3n) is 5.36. The first kappa shape index (κ1) is 23.2. The number of aromatic nitrogens is 2. The van der Waals surface area contributed by atoms with Crippen LogP contribution < -0.4 is 9.62 Å². The predicted octanol–water partition coefficient (Wildman–Crippen LogP) is 4.06. The first-order chi connectivity index (χ1) is 15.6. The van der Waals surface area contributed by atoms with Crippen molar-refractivity contribution < 1.29 is 26.4 Å². The van der Waals surface area contributed by atoms with Gasteiger partial charge in [-0.1, -0.05) is 12.1 Å². The maximum atomic E-state index is 12.9. The molecule has 4 rings (SSSR count). The molecule has 0 saturated carbocycles. The highest BCUT2D eigenvalue weighted by Gasteiger charge is 2.33. The van der Waals surface area contributed by atoms with Gasteiger partial charge in [-0.15, -0.1) is 0 Å². The van der Waals surface area contributed by atoms with Gasteiger partial charge in [-0.3, -0.25) is 4.79 Å². The minimum absolute atomic E-state index is 0.00905. The molecule has 0 atom stereocenters. The fourth-order valence-corrected chi connectivity index (χ4v) is 5.31. The number of alkyl halides is 3. The molecule has 7 nitrogen and oxygen atoms in total. The average Bonchev–Trinajstić information content (AvgIpc) is 3.34. The van der Waals surface area contributed by atoms with E-state index >= 15 is 0 Å². The molecule has 0 bridgehead atoms. The molecule has 12 heteroatoms. The Hall–Kier alpha value is -2.99. The van der Waals surface area contributed by atoms with Gasteiger partial charge in [-0.25, -0.2) is 23.1 Å². The molecule has 1 saturated heterocycles. The van der Waals surface area contributed by atoms with Crippen LogP contribution in [0.1, 0.15) is 40.4 Å². The molecule has 1 N–H and O–H groups in total. The van der Waals surface area contributed by atoms with Crippen molar-refractivity contribution in [3.63, 3.8) is 0 Å². The van der Waals surface area contributed by atoms with E-state index in [1.165, 1.54) is 29.5 Å². The van der Waals surface area contributed by atoms with E-state index in [0.29, 0.717) is 25.9 Å². The topological polar surface area (TPSA) is 92.3 Å². The smallest absolute Gasteiger partial charge is 0.341 e. The van der Waals surface area contributed by atoms with Gasteiger partial charge in [0, 0.05) is 24.7 Å². The highest BCUT2D eigenvalue weighted by Crippen LogP contribution is 2.32. The van der Waals surface area contributed by atoms with Crippen LogP contribution in [0.5, 0.6) is 0 Å². The number of hydrogen-bond donors (Lipinski definition) is 1.